The van der Waals surface area contributed by atoms with E-state index >= 15 is 0 Å². The van der Waals surface area contributed by atoms with E-state index in [1.165, 1.54) is 0 Å². The molecule has 2 atom stereocenters. The molecular weight excluding hydrogens is 238 g/mol. The van der Waals surface area contributed by atoms with E-state index in [-0.39, 0.29) is 0 Å². The van der Waals surface area contributed by atoms with Crippen LogP contribution in [0, 0.1) is 5.92 Å². The molecule has 17 heavy (non-hydrogen) atoms. The van der Waals surface area contributed by atoms with Gasteiger partial charge in [-0.25, -0.2) is 0 Å². The van der Waals surface area contributed by atoms with E-state index in [1.807, 2.05) is 18.2 Å². The first-order valence-electron chi connectivity index (χ1n) is 5.88. The van der Waals surface area contributed by atoms with Gasteiger partial charge in [0.05, 0.1) is 24.4 Å². The summed E-state index contributed by atoms with van der Waals surface area (Å²) >= 11 is 6.15. The molecule has 1 saturated heterocycles. The second-order valence-electron chi connectivity index (χ2n) is 4.40. The minimum absolute atomic E-state index is 0.349. The molecule has 0 amide bonds. The van der Waals surface area contributed by atoms with Gasteiger partial charge in [-0.05, 0) is 25.5 Å². The number of methoxy groups -OCH3 is 1. The van der Waals surface area contributed by atoms with E-state index in [1.54, 1.807) is 7.11 Å². The third-order valence-corrected chi connectivity index (χ3v) is 3.56. The lowest BCUT2D eigenvalue weighted by Crippen LogP contribution is -2.26. The Kier molecular flexibility index (Phi) is 4.13. The van der Waals surface area contributed by atoms with Gasteiger partial charge in [0.1, 0.15) is 5.75 Å². The van der Waals surface area contributed by atoms with Crippen LogP contribution in [-0.2, 0) is 4.74 Å². The number of hydrogen-bond donors (Lipinski definition) is 1. The molecule has 1 fully saturated rings. The minimum atomic E-state index is 0.349. The van der Waals surface area contributed by atoms with Crippen molar-refractivity contribution < 1.29 is 9.47 Å². The quantitative estimate of drug-likeness (QED) is 0.896. The number of hydrogen-bond acceptors (Lipinski definition) is 3. The summed E-state index contributed by atoms with van der Waals surface area (Å²) in [4.78, 5) is 0. The van der Waals surface area contributed by atoms with Gasteiger partial charge in [0.15, 0.2) is 0 Å². The first-order valence-corrected chi connectivity index (χ1v) is 6.26. The third-order valence-electron chi connectivity index (χ3n) is 3.23. The Labute approximate surface area is 107 Å². The molecule has 1 aliphatic heterocycles. The standard InChI is InChI=1S/C13H18ClNO2/c1-9(10-5-6-17-8-10)15-13-7-11(16-2)3-4-12(13)14/h3-4,7,9-10,15H,5-6,8H2,1-2H3. The molecule has 0 spiro atoms. The highest BCUT2D eigenvalue weighted by Crippen LogP contribution is 2.29. The number of halogens is 1. The van der Waals surface area contributed by atoms with Crippen LogP contribution < -0.4 is 10.1 Å². The van der Waals surface area contributed by atoms with Crippen molar-refractivity contribution in [2.45, 2.75) is 19.4 Å². The SMILES string of the molecule is COc1ccc(Cl)c(NC(C)C2CCOC2)c1. The highest BCUT2D eigenvalue weighted by Gasteiger charge is 2.22. The molecular formula is C13H18ClNO2. The lowest BCUT2D eigenvalue weighted by molar-refractivity contribution is 0.183. The number of anilines is 1. The van der Waals surface area contributed by atoms with E-state index in [9.17, 15) is 0 Å². The lowest BCUT2D eigenvalue weighted by Gasteiger charge is -2.21. The Morgan fingerprint density at radius 3 is 3.00 bits per heavy atom. The summed E-state index contributed by atoms with van der Waals surface area (Å²) < 4.78 is 10.6. The minimum Gasteiger partial charge on any atom is -0.497 e. The summed E-state index contributed by atoms with van der Waals surface area (Å²) in [5.41, 5.74) is 0.922. The van der Waals surface area contributed by atoms with Crippen LogP contribution in [0.2, 0.25) is 5.02 Å². The van der Waals surface area contributed by atoms with Crippen molar-refractivity contribution in [2.75, 3.05) is 25.6 Å². The highest BCUT2D eigenvalue weighted by atomic mass is 35.5. The largest absolute Gasteiger partial charge is 0.497 e. The summed E-state index contributed by atoms with van der Waals surface area (Å²) in [5.74, 6) is 1.36. The van der Waals surface area contributed by atoms with Gasteiger partial charge in [-0.2, -0.15) is 0 Å². The zero-order valence-electron chi connectivity index (χ0n) is 10.2. The Morgan fingerprint density at radius 1 is 1.53 bits per heavy atom. The van der Waals surface area contributed by atoms with Crippen LogP contribution in [0.1, 0.15) is 13.3 Å². The molecule has 3 nitrogen and oxygen atoms in total. The van der Waals surface area contributed by atoms with Gasteiger partial charge in [-0.1, -0.05) is 11.6 Å². The monoisotopic (exact) mass is 255 g/mol. The topological polar surface area (TPSA) is 30.5 Å². The molecule has 4 heteroatoms. The molecule has 1 aliphatic rings. The molecule has 1 N–H and O–H groups in total. The lowest BCUT2D eigenvalue weighted by atomic mass is 10.0. The van der Waals surface area contributed by atoms with Gasteiger partial charge < -0.3 is 14.8 Å². The van der Waals surface area contributed by atoms with E-state index in [2.05, 4.69) is 12.2 Å². The molecule has 0 bridgehead atoms. The van der Waals surface area contributed by atoms with Crippen molar-refractivity contribution in [3.8, 4) is 5.75 Å². The zero-order valence-corrected chi connectivity index (χ0v) is 11.0. The van der Waals surface area contributed by atoms with Crippen LogP contribution in [0.25, 0.3) is 0 Å². The van der Waals surface area contributed by atoms with Crippen molar-refractivity contribution in [1.82, 2.24) is 0 Å². The van der Waals surface area contributed by atoms with Crippen LogP contribution in [-0.4, -0.2) is 26.4 Å². The Balaban J connectivity index is 2.06. The average Bonchev–Trinajstić information content (AvgIpc) is 2.85. The van der Waals surface area contributed by atoms with E-state index in [4.69, 9.17) is 21.1 Å². The van der Waals surface area contributed by atoms with Crippen LogP contribution >= 0.6 is 11.6 Å². The number of ether oxygens (including phenoxy) is 2. The Hall–Kier alpha value is -0.930. The van der Waals surface area contributed by atoms with Gasteiger partial charge in [-0.15, -0.1) is 0 Å². The summed E-state index contributed by atoms with van der Waals surface area (Å²) in [6.45, 7) is 3.85. The van der Waals surface area contributed by atoms with Crippen LogP contribution in [0.5, 0.6) is 5.75 Å². The van der Waals surface area contributed by atoms with Crippen molar-refractivity contribution in [3.05, 3.63) is 23.2 Å². The fourth-order valence-corrected chi connectivity index (χ4v) is 2.22. The molecule has 2 rings (SSSR count). The highest BCUT2D eigenvalue weighted by molar-refractivity contribution is 6.33. The first kappa shape index (κ1) is 12.5. The number of benzene rings is 1. The maximum Gasteiger partial charge on any atom is 0.121 e. The average molecular weight is 256 g/mol. The van der Waals surface area contributed by atoms with Crippen molar-refractivity contribution in [2.24, 2.45) is 5.92 Å². The number of nitrogens with one attached hydrogen (secondary N) is 1. The molecule has 0 aliphatic carbocycles. The molecule has 1 aromatic rings. The van der Waals surface area contributed by atoms with Gasteiger partial charge >= 0.3 is 0 Å². The molecule has 94 valence electrons. The predicted molar refractivity (Wildman–Crippen MR) is 70.0 cm³/mol. The fourth-order valence-electron chi connectivity index (χ4n) is 2.05. The van der Waals surface area contributed by atoms with Crippen molar-refractivity contribution in [1.29, 1.82) is 0 Å². The first-order chi connectivity index (χ1) is 8.20. The molecule has 1 heterocycles. The molecule has 1 aromatic carbocycles. The van der Waals surface area contributed by atoms with Crippen LogP contribution in [0.3, 0.4) is 0 Å². The van der Waals surface area contributed by atoms with Gasteiger partial charge in [-0.3, -0.25) is 0 Å². The summed E-state index contributed by atoms with van der Waals surface area (Å²) in [7, 11) is 1.65. The van der Waals surface area contributed by atoms with Crippen molar-refractivity contribution in [3.63, 3.8) is 0 Å². The van der Waals surface area contributed by atoms with E-state index in [0.29, 0.717) is 12.0 Å². The maximum atomic E-state index is 6.15. The smallest absolute Gasteiger partial charge is 0.121 e. The van der Waals surface area contributed by atoms with Crippen LogP contribution in [0.4, 0.5) is 5.69 Å². The van der Waals surface area contributed by atoms with Gasteiger partial charge in [0.2, 0.25) is 0 Å². The maximum absolute atomic E-state index is 6.15. The van der Waals surface area contributed by atoms with E-state index in [0.717, 1.165) is 36.1 Å². The van der Waals surface area contributed by atoms with Crippen LogP contribution in [0.15, 0.2) is 18.2 Å². The summed E-state index contributed by atoms with van der Waals surface area (Å²) in [5, 5.41) is 4.15. The van der Waals surface area contributed by atoms with Crippen molar-refractivity contribution >= 4 is 17.3 Å². The third kappa shape index (κ3) is 3.05. The fraction of sp³-hybridized carbons (Fsp3) is 0.538. The van der Waals surface area contributed by atoms with E-state index < -0.39 is 0 Å². The summed E-state index contributed by atoms with van der Waals surface area (Å²) in [6, 6.07) is 5.98. The second-order valence-corrected chi connectivity index (χ2v) is 4.81. The molecule has 2 unspecified atom stereocenters. The van der Waals surface area contributed by atoms with Gasteiger partial charge in [0, 0.05) is 24.6 Å². The second kappa shape index (κ2) is 5.61. The molecule has 0 saturated carbocycles. The zero-order chi connectivity index (χ0) is 12.3. The number of rotatable bonds is 4. The molecule has 0 radical (unpaired) electrons. The predicted octanol–water partition coefficient (Wildman–Crippen LogP) is 3.19. The summed E-state index contributed by atoms with van der Waals surface area (Å²) in [6.07, 6.45) is 1.11. The normalized spacial score (nSPS) is 21.2. The molecule has 0 aromatic heterocycles. The van der Waals surface area contributed by atoms with Gasteiger partial charge in [0.25, 0.3) is 0 Å². The Morgan fingerprint density at radius 2 is 2.35 bits per heavy atom. The Bertz CT molecular complexity index is 378.